The van der Waals surface area contributed by atoms with E-state index in [2.05, 4.69) is 30.6 Å². The average molecular weight is 351 g/mol. The Morgan fingerprint density at radius 2 is 2.00 bits per heavy atom. The van der Waals surface area contributed by atoms with Gasteiger partial charge in [-0.25, -0.2) is 4.98 Å². The molecule has 0 aliphatic rings. The summed E-state index contributed by atoms with van der Waals surface area (Å²) in [7, 11) is 0. The Morgan fingerprint density at radius 1 is 1.18 bits per heavy atom. The van der Waals surface area contributed by atoms with Crippen LogP contribution in [-0.4, -0.2) is 9.97 Å². The highest BCUT2D eigenvalue weighted by atomic mass is 79.9. The second-order valence-corrected chi connectivity index (χ2v) is 5.60. The van der Waals surface area contributed by atoms with E-state index in [1.165, 1.54) is 18.1 Å². The van der Waals surface area contributed by atoms with Gasteiger partial charge in [-0.1, -0.05) is 23.2 Å². The van der Waals surface area contributed by atoms with E-state index >= 15 is 0 Å². The maximum Gasteiger partial charge on any atom is 0.144 e. The van der Waals surface area contributed by atoms with Gasteiger partial charge < -0.3 is 4.72 Å². The molecule has 2 aromatic rings. The van der Waals surface area contributed by atoms with E-state index in [0.717, 1.165) is 15.1 Å². The van der Waals surface area contributed by atoms with Crippen LogP contribution in [0, 0.1) is 0 Å². The number of nitrogens with one attached hydrogen (secondary N) is 1. The molecule has 0 unspecified atom stereocenters. The van der Waals surface area contributed by atoms with E-state index in [9.17, 15) is 0 Å². The summed E-state index contributed by atoms with van der Waals surface area (Å²) in [5, 5.41) is 0.959. The second kappa shape index (κ2) is 5.91. The highest BCUT2D eigenvalue weighted by Gasteiger charge is 2.04. The molecule has 2 aromatic heterocycles. The summed E-state index contributed by atoms with van der Waals surface area (Å²) >= 11 is 16.5. The Labute approximate surface area is 121 Å². The SMILES string of the molecule is Clc1cnc(Cl)c(SNc2cncc(Br)c2)c1. The largest absolute Gasteiger partial charge is 0.324 e. The predicted molar refractivity (Wildman–Crippen MR) is 75.7 cm³/mol. The molecule has 0 saturated carbocycles. The molecule has 1 N–H and O–H groups in total. The third kappa shape index (κ3) is 3.74. The minimum Gasteiger partial charge on any atom is -0.324 e. The van der Waals surface area contributed by atoms with Gasteiger partial charge in [0.2, 0.25) is 0 Å². The van der Waals surface area contributed by atoms with Gasteiger partial charge in [-0.05, 0) is 40.0 Å². The minimum absolute atomic E-state index is 0.412. The quantitative estimate of drug-likeness (QED) is 0.645. The lowest BCUT2D eigenvalue weighted by Gasteiger charge is -2.06. The van der Waals surface area contributed by atoms with Gasteiger partial charge >= 0.3 is 0 Å². The molecule has 7 heteroatoms. The summed E-state index contributed by atoms with van der Waals surface area (Å²) in [6, 6.07) is 3.66. The van der Waals surface area contributed by atoms with Crippen molar-refractivity contribution in [1.82, 2.24) is 9.97 Å². The van der Waals surface area contributed by atoms with Crippen LogP contribution in [0.3, 0.4) is 0 Å². The van der Waals surface area contributed by atoms with Crippen LogP contribution in [0.15, 0.2) is 40.1 Å². The van der Waals surface area contributed by atoms with Crippen LogP contribution in [0.25, 0.3) is 0 Å². The molecule has 0 aliphatic carbocycles. The normalized spacial score (nSPS) is 10.3. The number of hydrogen-bond acceptors (Lipinski definition) is 4. The molecule has 0 fully saturated rings. The van der Waals surface area contributed by atoms with Crippen LogP contribution < -0.4 is 4.72 Å². The molecule has 0 saturated heterocycles. The van der Waals surface area contributed by atoms with Crippen LogP contribution in [0.1, 0.15) is 0 Å². The fourth-order valence-corrected chi connectivity index (χ4v) is 2.53. The van der Waals surface area contributed by atoms with Gasteiger partial charge in [-0.15, -0.1) is 0 Å². The van der Waals surface area contributed by atoms with Crippen LogP contribution in [0.5, 0.6) is 0 Å². The van der Waals surface area contributed by atoms with E-state index in [1.807, 2.05) is 6.07 Å². The first kappa shape index (κ1) is 13.0. The third-order valence-corrected chi connectivity index (χ3v) is 3.68. The molecule has 0 aromatic carbocycles. The summed E-state index contributed by atoms with van der Waals surface area (Å²) in [5.74, 6) is 0. The van der Waals surface area contributed by atoms with Crippen molar-refractivity contribution in [3.63, 3.8) is 0 Å². The molecule has 0 atom stereocenters. The van der Waals surface area contributed by atoms with Gasteiger partial charge in [-0.3, -0.25) is 4.98 Å². The third-order valence-electron chi connectivity index (χ3n) is 1.76. The molecule has 2 rings (SSSR count). The second-order valence-electron chi connectivity index (χ2n) is 3.04. The summed E-state index contributed by atoms with van der Waals surface area (Å²) < 4.78 is 4.01. The Hall–Kier alpha value is -0.490. The minimum atomic E-state index is 0.412. The highest BCUT2D eigenvalue weighted by Crippen LogP contribution is 2.29. The van der Waals surface area contributed by atoms with E-state index in [0.29, 0.717) is 10.2 Å². The fourth-order valence-electron chi connectivity index (χ4n) is 1.06. The zero-order valence-corrected chi connectivity index (χ0v) is 12.2. The molecule has 0 aliphatic heterocycles. The zero-order valence-electron chi connectivity index (χ0n) is 8.32. The highest BCUT2D eigenvalue weighted by molar-refractivity contribution is 9.10. The van der Waals surface area contributed by atoms with Crippen LogP contribution in [0.2, 0.25) is 10.2 Å². The van der Waals surface area contributed by atoms with Crippen molar-refractivity contribution in [1.29, 1.82) is 0 Å². The van der Waals surface area contributed by atoms with Crippen molar-refractivity contribution in [3.05, 3.63) is 45.4 Å². The van der Waals surface area contributed by atoms with Gasteiger partial charge in [0, 0.05) is 16.9 Å². The lowest BCUT2D eigenvalue weighted by atomic mass is 10.4. The van der Waals surface area contributed by atoms with E-state index in [4.69, 9.17) is 23.2 Å². The Morgan fingerprint density at radius 3 is 2.76 bits per heavy atom. The Bertz CT molecular complexity index is 539. The van der Waals surface area contributed by atoms with E-state index < -0.39 is 0 Å². The van der Waals surface area contributed by atoms with Crippen molar-refractivity contribution in [2.24, 2.45) is 0 Å². The standard InChI is InChI=1S/C10H6BrCl2N3S/c11-6-1-8(5-14-3-6)16-17-9-2-7(12)4-15-10(9)13/h1-5,16H. The number of anilines is 1. The lowest BCUT2D eigenvalue weighted by molar-refractivity contribution is 1.24. The van der Waals surface area contributed by atoms with Crippen LogP contribution >= 0.6 is 51.1 Å². The lowest BCUT2D eigenvalue weighted by Crippen LogP contribution is -1.89. The molecule has 17 heavy (non-hydrogen) atoms. The van der Waals surface area contributed by atoms with Gasteiger partial charge in [-0.2, -0.15) is 0 Å². The molecular weight excluding hydrogens is 345 g/mol. The van der Waals surface area contributed by atoms with Gasteiger partial charge in [0.1, 0.15) is 5.15 Å². The molecule has 88 valence electrons. The monoisotopic (exact) mass is 349 g/mol. The summed E-state index contributed by atoms with van der Waals surface area (Å²) in [6.07, 6.45) is 4.93. The molecule has 0 radical (unpaired) electrons. The molecular formula is C10H6BrCl2N3S. The zero-order chi connectivity index (χ0) is 12.3. The average Bonchev–Trinajstić information content (AvgIpc) is 2.30. The van der Waals surface area contributed by atoms with Crippen molar-refractivity contribution >= 4 is 56.8 Å². The Kier molecular flexibility index (Phi) is 4.50. The van der Waals surface area contributed by atoms with E-state index in [-0.39, 0.29) is 0 Å². The number of halogens is 3. The van der Waals surface area contributed by atoms with E-state index in [1.54, 1.807) is 18.5 Å². The molecule has 0 spiro atoms. The first-order chi connectivity index (χ1) is 8.15. The van der Waals surface area contributed by atoms with Gasteiger partial charge in [0.05, 0.1) is 21.8 Å². The van der Waals surface area contributed by atoms with Gasteiger partial charge in [0.25, 0.3) is 0 Å². The van der Waals surface area contributed by atoms with Crippen LogP contribution in [0.4, 0.5) is 5.69 Å². The summed E-state index contributed by atoms with van der Waals surface area (Å²) in [5.41, 5.74) is 0.861. The smallest absolute Gasteiger partial charge is 0.144 e. The summed E-state index contributed by atoms with van der Waals surface area (Å²) in [6.45, 7) is 0. The van der Waals surface area contributed by atoms with Crippen molar-refractivity contribution < 1.29 is 0 Å². The maximum absolute atomic E-state index is 5.94. The topological polar surface area (TPSA) is 37.8 Å². The summed E-state index contributed by atoms with van der Waals surface area (Å²) in [4.78, 5) is 8.76. The molecule has 0 amide bonds. The maximum atomic E-state index is 5.94. The number of aromatic nitrogens is 2. The first-order valence-corrected chi connectivity index (χ1v) is 6.86. The number of pyridine rings is 2. The molecule has 3 nitrogen and oxygen atoms in total. The van der Waals surface area contributed by atoms with Gasteiger partial charge in [0.15, 0.2) is 0 Å². The molecule has 0 bridgehead atoms. The first-order valence-electron chi connectivity index (χ1n) is 4.49. The van der Waals surface area contributed by atoms with Crippen molar-refractivity contribution in [2.75, 3.05) is 4.72 Å². The number of rotatable bonds is 3. The van der Waals surface area contributed by atoms with Crippen LogP contribution in [-0.2, 0) is 0 Å². The number of nitrogens with zero attached hydrogens (tertiary/aromatic N) is 2. The number of hydrogen-bond donors (Lipinski definition) is 1. The molecule has 2 heterocycles. The predicted octanol–water partition coefficient (Wildman–Crippen LogP) is 4.67. The van der Waals surface area contributed by atoms with Crippen molar-refractivity contribution in [2.45, 2.75) is 4.90 Å². The fraction of sp³-hybridized carbons (Fsp3) is 0. The van der Waals surface area contributed by atoms with Crippen molar-refractivity contribution in [3.8, 4) is 0 Å². The Balaban J connectivity index is 2.09.